The highest BCUT2D eigenvalue weighted by Crippen LogP contribution is 2.25. The van der Waals surface area contributed by atoms with Crippen LogP contribution in [0.15, 0.2) is 41.6 Å². The van der Waals surface area contributed by atoms with E-state index in [9.17, 15) is 5.21 Å². The lowest BCUT2D eigenvalue weighted by molar-refractivity contribution is 0.311. The molecule has 21 heavy (non-hydrogen) atoms. The maximum absolute atomic E-state index is 9.23. The molecule has 108 valence electrons. The highest BCUT2D eigenvalue weighted by Gasteiger charge is 2.21. The number of oxime groups is 1. The Hall–Kier alpha value is -2.54. The Kier molecular flexibility index (Phi) is 3.86. The molecule has 0 bridgehead atoms. The average molecular weight is 281 g/mol. The van der Waals surface area contributed by atoms with E-state index in [1.165, 1.54) is 0 Å². The van der Waals surface area contributed by atoms with E-state index < -0.39 is 0 Å². The standard InChI is InChI=1S/C17H19N3O/c1-17(2,3)16(19-21)13-7-5-12(6-8-13)15-10-9-14(11-18)20(15)4/h5-10,21H,1-4H3/b19-16-. The minimum Gasteiger partial charge on any atom is -0.411 e. The van der Waals surface area contributed by atoms with Crippen molar-refractivity contribution in [3.63, 3.8) is 0 Å². The molecule has 0 amide bonds. The molecule has 0 aliphatic carbocycles. The van der Waals surface area contributed by atoms with Crippen LogP contribution in [0.5, 0.6) is 0 Å². The van der Waals surface area contributed by atoms with Gasteiger partial charge in [0.1, 0.15) is 11.8 Å². The Bertz CT molecular complexity index is 710. The van der Waals surface area contributed by atoms with Crippen LogP contribution >= 0.6 is 0 Å². The summed E-state index contributed by atoms with van der Waals surface area (Å²) in [4.78, 5) is 0. The van der Waals surface area contributed by atoms with Crippen LogP contribution in [0.4, 0.5) is 0 Å². The Morgan fingerprint density at radius 2 is 1.76 bits per heavy atom. The fourth-order valence-corrected chi connectivity index (χ4v) is 2.35. The van der Waals surface area contributed by atoms with Gasteiger partial charge in [0.05, 0.1) is 5.71 Å². The van der Waals surface area contributed by atoms with Gasteiger partial charge in [0, 0.05) is 18.2 Å². The first-order valence-corrected chi connectivity index (χ1v) is 6.77. The molecule has 0 saturated heterocycles. The van der Waals surface area contributed by atoms with Crippen molar-refractivity contribution in [1.82, 2.24) is 4.57 Å². The highest BCUT2D eigenvalue weighted by molar-refractivity contribution is 6.04. The Balaban J connectivity index is 2.40. The predicted molar refractivity (Wildman–Crippen MR) is 83.3 cm³/mol. The summed E-state index contributed by atoms with van der Waals surface area (Å²) in [5.74, 6) is 0. The summed E-state index contributed by atoms with van der Waals surface area (Å²) in [7, 11) is 1.87. The molecule has 4 nitrogen and oxygen atoms in total. The molecule has 0 saturated carbocycles. The molecule has 0 unspecified atom stereocenters. The van der Waals surface area contributed by atoms with Crippen molar-refractivity contribution in [2.75, 3.05) is 0 Å². The van der Waals surface area contributed by atoms with E-state index in [1.54, 1.807) is 6.07 Å². The number of nitriles is 1. The van der Waals surface area contributed by atoms with Crippen LogP contribution in [-0.2, 0) is 7.05 Å². The van der Waals surface area contributed by atoms with Crippen molar-refractivity contribution in [3.05, 3.63) is 47.7 Å². The Morgan fingerprint density at radius 1 is 1.14 bits per heavy atom. The molecule has 0 spiro atoms. The number of benzene rings is 1. The minimum absolute atomic E-state index is 0.227. The smallest absolute Gasteiger partial charge is 0.120 e. The van der Waals surface area contributed by atoms with Crippen molar-refractivity contribution in [2.24, 2.45) is 17.6 Å². The van der Waals surface area contributed by atoms with Crippen molar-refractivity contribution < 1.29 is 5.21 Å². The maximum atomic E-state index is 9.23. The molecule has 2 aromatic rings. The van der Waals surface area contributed by atoms with Gasteiger partial charge in [-0.15, -0.1) is 0 Å². The van der Waals surface area contributed by atoms with Gasteiger partial charge in [0.2, 0.25) is 0 Å². The SMILES string of the molecule is Cn1c(C#N)ccc1-c1ccc(/C(=N/O)C(C)(C)C)cc1. The van der Waals surface area contributed by atoms with Crippen LogP contribution in [0.25, 0.3) is 11.3 Å². The first-order chi connectivity index (χ1) is 9.88. The maximum Gasteiger partial charge on any atom is 0.120 e. The lowest BCUT2D eigenvalue weighted by Crippen LogP contribution is -2.21. The van der Waals surface area contributed by atoms with Crippen LogP contribution in [0.3, 0.4) is 0 Å². The molecule has 1 aromatic heterocycles. The molecule has 0 radical (unpaired) electrons. The van der Waals surface area contributed by atoms with Gasteiger partial charge in [-0.3, -0.25) is 0 Å². The molecule has 0 aliphatic rings. The molecule has 1 heterocycles. The van der Waals surface area contributed by atoms with Gasteiger partial charge >= 0.3 is 0 Å². The highest BCUT2D eigenvalue weighted by atomic mass is 16.4. The normalized spacial score (nSPS) is 12.2. The number of aromatic nitrogens is 1. The van der Waals surface area contributed by atoms with Crippen LogP contribution in [0, 0.1) is 16.7 Å². The third kappa shape index (κ3) is 2.82. The van der Waals surface area contributed by atoms with E-state index in [2.05, 4.69) is 11.2 Å². The van der Waals surface area contributed by atoms with Crippen molar-refractivity contribution in [2.45, 2.75) is 20.8 Å². The second kappa shape index (κ2) is 5.45. The summed E-state index contributed by atoms with van der Waals surface area (Å²) in [5, 5.41) is 21.7. The second-order valence-electron chi connectivity index (χ2n) is 6.05. The summed E-state index contributed by atoms with van der Waals surface area (Å²) in [6.45, 7) is 6.02. The van der Waals surface area contributed by atoms with Crippen LogP contribution < -0.4 is 0 Å². The van der Waals surface area contributed by atoms with Crippen molar-refractivity contribution >= 4 is 5.71 Å². The number of rotatable bonds is 2. The van der Waals surface area contributed by atoms with E-state index >= 15 is 0 Å². The predicted octanol–water partition coefficient (Wildman–Crippen LogP) is 3.79. The first-order valence-electron chi connectivity index (χ1n) is 6.77. The van der Waals surface area contributed by atoms with Gasteiger partial charge < -0.3 is 9.77 Å². The summed E-state index contributed by atoms with van der Waals surface area (Å²) >= 11 is 0. The number of nitrogens with zero attached hydrogens (tertiary/aromatic N) is 3. The fraction of sp³-hybridized carbons (Fsp3) is 0.294. The molecule has 0 fully saturated rings. The zero-order chi connectivity index (χ0) is 15.6. The quantitative estimate of drug-likeness (QED) is 0.517. The van der Waals surface area contributed by atoms with Gasteiger partial charge in [-0.2, -0.15) is 5.26 Å². The Labute approximate surface area is 124 Å². The van der Waals surface area contributed by atoms with Crippen LogP contribution in [0.2, 0.25) is 0 Å². The van der Waals surface area contributed by atoms with Gasteiger partial charge in [0.25, 0.3) is 0 Å². The topological polar surface area (TPSA) is 61.3 Å². The number of hydrogen-bond acceptors (Lipinski definition) is 3. The van der Waals surface area contributed by atoms with Gasteiger partial charge in [-0.1, -0.05) is 50.2 Å². The molecule has 1 aromatic carbocycles. The van der Waals surface area contributed by atoms with Crippen molar-refractivity contribution in [3.8, 4) is 17.3 Å². The number of hydrogen-bond donors (Lipinski definition) is 1. The van der Waals surface area contributed by atoms with E-state index in [0.29, 0.717) is 11.4 Å². The third-order valence-electron chi connectivity index (χ3n) is 3.50. The van der Waals surface area contributed by atoms with Gasteiger partial charge in [0.15, 0.2) is 0 Å². The molecular weight excluding hydrogens is 262 g/mol. The van der Waals surface area contributed by atoms with Crippen LogP contribution in [-0.4, -0.2) is 15.5 Å². The zero-order valence-electron chi connectivity index (χ0n) is 12.8. The fourth-order valence-electron chi connectivity index (χ4n) is 2.35. The summed E-state index contributed by atoms with van der Waals surface area (Å²) in [6, 6.07) is 13.7. The van der Waals surface area contributed by atoms with E-state index in [-0.39, 0.29) is 5.41 Å². The third-order valence-corrected chi connectivity index (χ3v) is 3.50. The lowest BCUT2D eigenvalue weighted by atomic mass is 9.85. The van der Waals surface area contributed by atoms with Gasteiger partial charge in [-0.25, -0.2) is 0 Å². The second-order valence-corrected chi connectivity index (χ2v) is 6.05. The molecule has 2 rings (SSSR count). The monoisotopic (exact) mass is 281 g/mol. The van der Waals surface area contributed by atoms with E-state index in [4.69, 9.17) is 5.26 Å². The molecule has 1 N–H and O–H groups in total. The molecule has 0 aliphatic heterocycles. The lowest BCUT2D eigenvalue weighted by Gasteiger charge is -2.20. The van der Waals surface area contributed by atoms with E-state index in [0.717, 1.165) is 16.8 Å². The Morgan fingerprint density at radius 3 is 2.19 bits per heavy atom. The molecule has 4 heteroatoms. The van der Waals surface area contributed by atoms with Gasteiger partial charge in [-0.05, 0) is 23.3 Å². The summed E-state index contributed by atoms with van der Waals surface area (Å²) < 4.78 is 1.86. The zero-order valence-corrected chi connectivity index (χ0v) is 12.8. The molecular formula is C17H19N3O. The summed E-state index contributed by atoms with van der Waals surface area (Å²) in [5.41, 5.74) is 3.95. The first kappa shape index (κ1) is 14.9. The van der Waals surface area contributed by atoms with Crippen LogP contribution in [0.1, 0.15) is 32.0 Å². The largest absolute Gasteiger partial charge is 0.411 e. The molecule has 0 atom stereocenters. The van der Waals surface area contributed by atoms with E-state index in [1.807, 2.05) is 62.7 Å². The minimum atomic E-state index is -0.227. The average Bonchev–Trinajstić information content (AvgIpc) is 2.80. The summed E-state index contributed by atoms with van der Waals surface area (Å²) in [6.07, 6.45) is 0. The van der Waals surface area contributed by atoms with Crippen molar-refractivity contribution in [1.29, 1.82) is 5.26 Å².